The van der Waals surface area contributed by atoms with Gasteiger partial charge in [0.05, 0.1) is 24.2 Å². The first kappa shape index (κ1) is 11.6. The summed E-state index contributed by atoms with van der Waals surface area (Å²) < 4.78 is 1.77. The van der Waals surface area contributed by atoms with Crippen LogP contribution < -0.4 is 0 Å². The Balaban J connectivity index is 2.15. The van der Waals surface area contributed by atoms with Crippen molar-refractivity contribution in [1.82, 2.24) is 9.78 Å². The molecule has 0 radical (unpaired) electrons. The number of aliphatic carboxylic acids is 1. The molecule has 2 rings (SSSR count). The first-order valence-corrected chi connectivity index (χ1v) is 5.86. The van der Waals surface area contributed by atoms with Gasteiger partial charge in [-0.2, -0.15) is 10.4 Å². The lowest BCUT2D eigenvalue weighted by Gasteiger charge is -2.30. The lowest BCUT2D eigenvalue weighted by Crippen LogP contribution is -2.25. The van der Waals surface area contributed by atoms with E-state index in [-0.39, 0.29) is 18.4 Å². The van der Waals surface area contributed by atoms with Gasteiger partial charge in [-0.15, -0.1) is 0 Å². The molecule has 1 N–H and O–H groups in total. The molecule has 2 unspecified atom stereocenters. The van der Waals surface area contributed by atoms with Gasteiger partial charge in [0, 0.05) is 6.20 Å². The number of hydrogen-bond donors (Lipinski definition) is 1. The van der Waals surface area contributed by atoms with Crippen LogP contribution in [0.5, 0.6) is 0 Å². The third-order valence-corrected chi connectivity index (χ3v) is 3.38. The second-order valence-corrected chi connectivity index (χ2v) is 4.53. The van der Waals surface area contributed by atoms with Crippen LogP contribution in [0.4, 0.5) is 0 Å². The number of carboxylic acids is 1. The van der Waals surface area contributed by atoms with Crippen molar-refractivity contribution in [3.05, 3.63) is 18.0 Å². The number of rotatable bonds is 3. The van der Waals surface area contributed by atoms with E-state index in [1.54, 1.807) is 10.9 Å². The maximum absolute atomic E-state index is 10.8. The Kier molecular flexibility index (Phi) is 3.43. The van der Waals surface area contributed by atoms with Gasteiger partial charge in [-0.05, 0) is 18.8 Å². The summed E-state index contributed by atoms with van der Waals surface area (Å²) in [4.78, 5) is 10.8. The van der Waals surface area contributed by atoms with E-state index in [0.717, 1.165) is 25.7 Å². The van der Waals surface area contributed by atoms with Gasteiger partial charge in [0.1, 0.15) is 6.07 Å². The quantitative estimate of drug-likeness (QED) is 0.865. The topological polar surface area (TPSA) is 78.9 Å². The molecular weight excluding hydrogens is 218 g/mol. The Hall–Kier alpha value is -1.83. The van der Waals surface area contributed by atoms with Gasteiger partial charge < -0.3 is 5.11 Å². The largest absolute Gasteiger partial charge is 0.481 e. The van der Waals surface area contributed by atoms with Crippen LogP contribution in [0.3, 0.4) is 0 Å². The molecule has 90 valence electrons. The fourth-order valence-corrected chi connectivity index (χ4v) is 2.58. The van der Waals surface area contributed by atoms with E-state index >= 15 is 0 Å². The molecule has 0 amide bonds. The average molecular weight is 233 g/mol. The van der Waals surface area contributed by atoms with Crippen LogP contribution in [-0.2, 0) is 4.79 Å². The summed E-state index contributed by atoms with van der Waals surface area (Å²) in [6, 6.07) is 2.17. The lowest BCUT2D eigenvalue weighted by atomic mass is 9.82. The molecular formula is C12H15N3O2. The summed E-state index contributed by atoms with van der Waals surface area (Å²) >= 11 is 0. The SMILES string of the molecule is N#Cc1cnn(C2CCCCC2CC(=O)O)c1. The highest BCUT2D eigenvalue weighted by atomic mass is 16.4. The number of carbonyl (C=O) groups is 1. The molecule has 1 fully saturated rings. The Morgan fingerprint density at radius 3 is 3.00 bits per heavy atom. The summed E-state index contributed by atoms with van der Waals surface area (Å²) in [7, 11) is 0. The van der Waals surface area contributed by atoms with Crippen LogP contribution in [0, 0.1) is 17.2 Å². The molecule has 0 spiro atoms. The molecule has 1 saturated carbocycles. The Morgan fingerprint density at radius 1 is 1.59 bits per heavy atom. The van der Waals surface area contributed by atoms with Gasteiger partial charge in [0.25, 0.3) is 0 Å². The lowest BCUT2D eigenvalue weighted by molar-refractivity contribution is -0.138. The van der Waals surface area contributed by atoms with Crippen molar-refractivity contribution >= 4 is 5.97 Å². The molecule has 0 aliphatic heterocycles. The first-order chi connectivity index (χ1) is 8.20. The highest BCUT2D eigenvalue weighted by Gasteiger charge is 2.28. The molecule has 1 aromatic rings. The minimum absolute atomic E-state index is 0.127. The monoisotopic (exact) mass is 233 g/mol. The van der Waals surface area contributed by atoms with Crippen molar-refractivity contribution in [2.24, 2.45) is 5.92 Å². The normalized spacial score (nSPS) is 24.2. The third kappa shape index (κ3) is 2.64. The Morgan fingerprint density at radius 2 is 2.35 bits per heavy atom. The van der Waals surface area contributed by atoms with Crippen molar-refractivity contribution in [1.29, 1.82) is 5.26 Å². The van der Waals surface area contributed by atoms with Crippen LogP contribution >= 0.6 is 0 Å². The number of nitrogens with zero attached hydrogens (tertiary/aromatic N) is 3. The van der Waals surface area contributed by atoms with Crippen LogP contribution in [0.1, 0.15) is 43.7 Å². The molecule has 1 aromatic heterocycles. The van der Waals surface area contributed by atoms with E-state index in [1.807, 2.05) is 6.07 Å². The van der Waals surface area contributed by atoms with E-state index < -0.39 is 5.97 Å². The van der Waals surface area contributed by atoms with Crippen molar-refractivity contribution in [2.75, 3.05) is 0 Å². The third-order valence-electron chi connectivity index (χ3n) is 3.38. The van der Waals surface area contributed by atoms with Gasteiger partial charge in [-0.3, -0.25) is 9.48 Å². The molecule has 5 nitrogen and oxygen atoms in total. The molecule has 0 aromatic carbocycles. The minimum Gasteiger partial charge on any atom is -0.481 e. The van der Waals surface area contributed by atoms with E-state index in [9.17, 15) is 4.79 Å². The van der Waals surface area contributed by atoms with E-state index in [1.165, 1.54) is 6.20 Å². The zero-order valence-corrected chi connectivity index (χ0v) is 9.54. The first-order valence-electron chi connectivity index (χ1n) is 5.86. The number of hydrogen-bond acceptors (Lipinski definition) is 3. The number of nitriles is 1. The van der Waals surface area contributed by atoms with Gasteiger partial charge in [-0.1, -0.05) is 12.8 Å². The minimum atomic E-state index is -0.755. The van der Waals surface area contributed by atoms with E-state index in [4.69, 9.17) is 10.4 Å². The molecule has 1 aliphatic rings. The number of aromatic nitrogens is 2. The Bertz CT molecular complexity index is 447. The summed E-state index contributed by atoms with van der Waals surface area (Å²) in [6.45, 7) is 0. The maximum Gasteiger partial charge on any atom is 0.303 e. The molecule has 17 heavy (non-hydrogen) atoms. The second kappa shape index (κ2) is 5.00. The summed E-state index contributed by atoms with van der Waals surface area (Å²) in [5.41, 5.74) is 0.532. The summed E-state index contributed by atoms with van der Waals surface area (Å²) in [5.74, 6) is -0.623. The standard InChI is InChI=1S/C12H15N3O2/c13-6-9-7-14-15(8-9)11-4-2-1-3-10(11)5-12(16)17/h7-8,10-11H,1-5H2,(H,16,17). The van der Waals surface area contributed by atoms with Crippen molar-refractivity contribution in [3.63, 3.8) is 0 Å². The molecule has 0 bridgehead atoms. The van der Waals surface area contributed by atoms with Gasteiger partial charge >= 0.3 is 5.97 Å². The van der Waals surface area contributed by atoms with Crippen molar-refractivity contribution in [3.8, 4) is 6.07 Å². The van der Waals surface area contributed by atoms with Crippen LogP contribution in [0.2, 0.25) is 0 Å². The second-order valence-electron chi connectivity index (χ2n) is 4.53. The van der Waals surface area contributed by atoms with E-state index in [0.29, 0.717) is 5.56 Å². The van der Waals surface area contributed by atoms with Gasteiger partial charge in [-0.25, -0.2) is 0 Å². The van der Waals surface area contributed by atoms with Gasteiger partial charge in [0.2, 0.25) is 0 Å². The maximum atomic E-state index is 10.8. The van der Waals surface area contributed by atoms with E-state index in [2.05, 4.69) is 5.10 Å². The number of carboxylic acid groups (broad SMARTS) is 1. The predicted molar refractivity (Wildman–Crippen MR) is 60.2 cm³/mol. The Labute approximate surface area is 99.7 Å². The molecule has 1 aliphatic carbocycles. The van der Waals surface area contributed by atoms with Gasteiger partial charge in [0.15, 0.2) is 0 Å². The molecule has 1 heterocycles. The zero-order valence-electron chi connectivity index (χ0n) is 9.54. The van der Waals surface area contributed by atoms with Crippen LogP contribution in [0.15, 0.2) is 12.4 Å². The average Bonchev–Trinajstić information content (AvgIpc) is 2.77. The fraction of sp³-hybridized carbons (Fsp3) is 0.583. The highest BCUT2D eigenvalue weighted by Crippen LogP contribution is 2.35. The molecule has 2 atom stereocenters. The fourth-order valence-electron chi connectivity index (χ4n) is 2.58. The summed E-state index contributed by atoms with van der Waals surface area (Å²) in [5, 5.41) is 21.8. The van der Waals surface area contributed by atoms with Crippen molar-refractivity contribution in [2.45, 2.75) is 38.1 Å². The predicted octanol–water partition coefficient (Wildman–Crippen LogP) is 1.96. The van der Waals surface area contributed by atoms with Crippen LogP contribution in [-0.4, -0.2) is 20.9 Å². The van der Waals surface area contributed by atoms with Crippen LogP contribution in [0.25, 0.3) is 0 Å². The zero-order chi connectivity index (χ0) is 12.3. The molecule has 5 heteroatoms. The highest BCUT2D eigenvalue weighted by molar-refractivity contribution is 5.67. The smallest absolute Gasteiger partial charge is 0.303 e. The van der Waals surface area contributed by atoms with Crippen molar-refractivity contribution < 1.29 is 9.90 Å². The summed E-state index contributed by atoms with van der Waals surface area (Å²) in [6.07, 6.45) is 7.50. The molecule has 0 saturated heterocycles.